The van der Waals surface area contributed by atoms with E-state index in [1.54, 1.807) is 24.3 Å². The summed E-state index contributed by atoms with van der Waals surface area (Å²) in [7, 11) is 0. The summed E-state index contributed by atoms with van der Waals surface area (Å²) in [5.41, 5.74) is 4.56. The normalized spacial score (nSPS) is 9.56. The Morgan fingerprint density at radius 1 is 0.611 bits per heavy atom. The fraction of sp³-hybridized carbons (Fsp3) is 0.250. The van der Waals surface area contributed by atoms with Crippen LogP contribution in [0.15, 0.2) is 36.4 Å². The molecule has 18 heavy (non-hydrogen) atoms. The van der Waals surface area contributed by atoms with E-state index in [0.29, 0.717) is 11.5 Å². The summed E-state index contributed by atoms with van der Waals surface area (Å²) in [5.74, 6) is 0.700. The maximum Gasteiger partial charge on any atom is 0.116 e. The Morgan fingerprint density at radius 3 is 1.56 bits per heavy atom. The van der Waals surface area contributed by atoms with Crippen LogP contribution in [0.1, 0.15) is 22.3 Å². The fourth-order valence-corrected chi connectivity index (χ4v) is 1.68. The molecule has 0 atom stereocenters. The van der Waals surface area contributed by atoms with Crippen LogP contribution in [0.5, 0.6) is 11.5 Å². The Labute approximate surface area is 109 Å². The largest absolute Gasteiger partial charge is 0.508 e. The molecule has 0 aliphatic heterocycles. The van der Waals surface area contributed by atoms with E-state index in [2.05, 4.69) is 0 Å². The lowest BCUT2D eigenvalue weighted by molar-refractivity contribution is 0.474. The standard InChI is InChI=1S/2C8H10O/c1-6-3-7(2)5-8(9)4-6;1-6-3-4-8(9)5-7(6)2/h2*3-5,9H,1-2H3. The first-order chi connectivity index (χ1) is 8.38. The number of phenolic OH excluding ortho intramolecular Hbond substituents is 2. The van der Waals surface area contributed by atoms with Crippen LogP contribution in [0.25, 0.3) is 0 Å². The average molecular weight is 244 g/mol. The van der Waals surface area contributed by atoms with Gasteiger partial charge in [-0.05, 0) is 74.2 Å². The van der Waals surface area contributed by atoms with Gasteiger partial charge in [0.05, 0.1) is 0 Å². The summed E-state index contributed by atoms with van der Waals surface area (Å²) in [6.07, 6.45) is 0. The van der Waals surface area contributed by atoms with E-state index < -0.39 is 0 Å². The number of hydrogen-bond donors (Lipinski definition) is 2. The molecule has 0 heterocycles. The van der Waals surface area contributed by atoms with E-state index in [1.807, 2.05) is 39.8 Å². The van der Waals surface area contributed by atoms with Crippen LogP contribution in [0.3, 0.4) is 0 Å². The molecule has 0 bridgehead atoms. The lowest BCUT2D eigenvalue weighted by Gasteiger charge is -1.97. The van der Waals surface area contributed by atoms with Crippen molar-refractivity contribution in [2.24, 2.45) is 0 Å². The molecule has 0 saturated heterocycles. The van der Waals surface area contributed by atoms with Crippen LogP contribution in [0.4, 0.5) is 0 Å². The van der Waals surface area contributed by atoms with Gasteiger partial charge in [0.2, 0.25) is 0 Å². The van der Waals surface area contributed by atoms with Crippen molar-refractivity contribution >= 4 is 0 Å². The number of rotatable bonds is 0. The van der Waals surface area contributed by atoms with E-state index in [4.69, 9.17) is 10.2 Å². The zero-order valence-corrected chi connectivity index (χ0v) is 11.4. The van der Waals surface area contributed by atoms with Gasteiger partial charge in [0.25, 0.3) is 0 Å². The smallest absolute Gasteiger partial charge is 0.116 e. The van der Waals surface area contributed by atoms with Crippen molar-refractivity contribution in [1.82, 2.24) is 0 Å². The molecular formula is C16H20O2. The molecule has 2 nitrogen and oxygen atoms in total. The lowest BCUT2D eigenvalue weighted by Crippen LogP contribution is -1.76. The highest BCUT2D eigenvalue weighted by atomic mass is 16.3. The van der Waals surface area contributed by atoms with Gasteiger partial charge in [-0.2, -0.15) is 0 Å². The molecule has 0 amide bonds. The van der Waals surface area contributed by atoms with Gasteiger partial charge in [-0.15, -0.1) is 0 Å². The van der Waals surface area contributed by atoms with Gasteiger partial charge in [0.1, 0.15) is 11.5 Å². The molecule has 96 valence electrons. The molecule has 0 aliphatic carbocycles. The Kier molecular flexibility index (Phi) is 4.78. The number of aryl methyl sites for hydroxylation is 4. The SMILES string of the molecule is Cc1cc(C)cc(O)c1.Cc1ccc(O)cc1C. The van der Waals surface area contributed by atoms with Crippen LogP contribution in [0, 0.1) is 27.7 Å². The predicted molar refractivity (Wildman–Crippen MR) is 75.2 cm³/mol. The number of aromatic hydroxyl groups is 2. The number of hydrogen-bond acceptors (Lipinski definition) is 2. The maximum atomic E-state index is 8.99. The Morgan fingerprint density at radius 2 is 1.17 bits per heavy atom. The summed E-state index contributed by atoms with van der Waals surface area (Å²) in [6, 6.07) is 10.9. The van der Waals surface area contributed by atoms with Crippen LogP contribution in [0.2, 0.25) is 0 Å². The first-order valence-corrected chi connectivity index (χ1v) is 5.92. The van der Waals surface area contributed by atoms with E-state index >= 15 is 0 Å². The third-order valence-corrected chi connectivity index (χ3v) is 2.70. The monoisotopic (exact) mass is 244 g/mol. The van der Waals surface area contributed by atoms with Gasteiger partial charge < -0.3 is 10.2 Å². The van der Waals surface area contributed by atoms with Gasteiger partial charge in [0, 0.05) is 0 Å². The molecule has 2 aromatic carbocycles. The molecule has 2 heteroatoms. The molecule has 0 aliphatic rings. The van der Waals surface area contributed by atoms with Gasteiger partial charge in [0.15, 0.2) is 0 Å². The fourth-order valence-electron chi connectivity index (χ4n) is 1.68. The predicted octanol–water partition coefficient (Wildman–Crippen LogP) is 4.02. The molecule has 0 aromatic heterocycles. The van der Waals surface area contributed by atoms with Crippen LogP contribution < -0.4 is 0 Å². The molecule has 0 unspecified atom stereocenters. The second-order valence-corrected chi connectivity index (χ2v) is 4.61. The van der Waals surface area contributed by atoms with Gasteiger partial charge in [-0.3, -0.25) is 0 Å². The van der Waals surface area contributed by atoms with Crippen LogP contribution in [-0.4, -0.2) is 10.2 Å². The van der Waals surface area contributed by atoms with Crippen molar-refractivity contribution in [2.45, 2.75) is 27.7 Å². The quantitative estimate of drug-likeness (QED) is 0.735. The minimum atomic E-state index is 0.345. The zero-order valence-electron chi connectivity index (χ0n) is 11.4. The summed E-state index contributed by atoms with van der Waals surface area (Å²) < 4.78 is 0. The summed E-state index contributed by atoms with van der Waals surface area (Å²) in [4.78, 5) is 0. The highest BCUT2D eigenvalue weighted by Crippen LogP contribution is 2.14. The third-order valence-electron chi connectivity index (χ3n) is 2.70. The average Bonchev–Trinajstić information content (AvgIpc) is 2.23. The highest BCUT2D eigenvalue weighted by molar-refractivity contribution is 5.32. The lowest BCUT2D eigenvalue weighted by atomic mass is 10.1. The van der Waals surface area contributed by atoms with Crippen molar-refractivity contribution in [2.75, 3.05) is 0 Å². The molecule has 0 spiro atoms. The summed E-state index contributed by atoms with van der Waals surface area (Å²) >= 11 is 0. The van der Waals surface area contributed by atoms with Crippen molar-refractivity contribution in [3.63, 3.8) is 0 Å². The molecule has 2 rings (SSSR count). The maximum absolute atomic E-state index is 8.99. The Bertz CT molecular complexity index is 480. The summed E-state index contributed by atoms with van der Waals surface area (Å²) in [5, 5.41) is 17.9. The summed E-state index contributed by atoms with van der Waals surface area (Å²) in [6.45, 7) is 7.93. The third kappa shape index (κ3) is 4.50. The van der Waals surface area contributed by atoms with Crippen molar-refractivity contribution in [3.05, 3.63) is 58.7 Å². The molecule has 0 saturated carbocycles. The van der Waals surface area contributed by atoms with E-state index in [1.165, 1.54) is 5.56 Å². The van der Waals surface area contributed by atoms with Crippen molar-refractivity contribution in [3.8, 4) is 11.5 Å². The van der Waals surface area contributed by atoms with Gasteiger partial charge in [-0.1, -0.05) is 12.1 Å². The first kappa shape index (κ1) is 14.1. The van der Waals surface area contributed by atoms with E-state index in [0.717, 1.165) is 16.7 Å². The first-order valence-electron chi connectivity index (χ1n) is 5.92. The Hall–Kier alpha value is -1.96. The van der Waals surface area contributed by atoms with E-state index in [9.17, 15) is 0 Å². The second kappa shape index (κ2) is 6.10. The minimum absolute atomic E-state index is 0.345. The van der Waals surface area contributed by atoms with Crippen molar-refractivity contribution in [1.29, 1.82) is 0 Å². The van der Waals surface area contributed by atoms with E-state index in [-0.39, 0.29) is 0 Å². The number of phenols is 2. The number of benzene rings is 2. The molecule has 0 radical (unpaired) electrons. The Balaban J connectivity index is 0.000000180. The zero-order chi connectivity index (χ0) is 13.7. The molecule has 2 N–H and O–H groups in total. The molecule has 2 aromatic rings. The van der Waals surface area contributed by atoms with Gasteiger partial charge in [-0.25, -0.2) is 0 Å². The van der Waals surface area contributed by atoms with Crippen LogP contribution >= 0.6 is 0 Å². The minimum Gasteiger partial charge on any atom is -0.508 e. The van der Waals surface area contributed by atoms with Crippen LogP contribution in [-0.2, 0) is 0 Å². The molecular weight excluding hydrogens is 224 g/mol. The highest BCUT2D eigenvalue weighted by Gasteiger charge is 1.91. The van der Waals surface area contributed by atoms with Crippen molar-refractivity contribution < 1.29 is 10.2 Å². The second-order valence-electron chi connectivity index (χ2n) is 4.61. The molecule has 0 fully saturated rings. The topological polar surface area (TPSA) is 40.5 Å². The van der Waals surface area contributed by atoms with Gasteiger partial charge >= 0.3 is 0 Å².